The number of benzene rings is 2. The van der Waals surface area contributed by atoms with Crippen LogP contribution in [0.1, 0.15) is 33.7 Å². The molecule has 0 atom stereocenters. The van der Waals surface area contributed by atoms with Gasteiger partial charge in [0.15, 0.2) is 0 Å². The number of likely N-dealkylation sites (tertiary alicyclic amines) is 1. The van der Waals surface area contributed by atoms with Gasteiger partial charge in [-0.2, -0.15) is 0 Å². The predicted octanol–water partition coefficient (Wildman–Crippen LogP) is 5.35. The summed E-state index contributed by atoms with van der Waals surface area (Å²) in [6.07, 6.45) is 4.31. The summed E-state index contributed by atoms with van der Waals surface area (Å²) in [5, 5.41) is 2.71. The molecule has 4 aromatic rings. The van der Waals surface area contributed by atoms with Crippen LogP contribution in [0.5, 0.6) is 23.1 Å². The number of methoxy groups -OCH3 is 1. The van der Waals surface area contributed by atoms with Crippen LogP contribution in [0.4, 0.5) is 10.1 Å². The summed E-state index contributed by atoms with van der Waals surface area (Å²) in [6, 6.07) is 19.3. The molecule has 2 amide bonds. The number of hydrogen-bond donors (Lipinski definition) is 1. The zero-order chi connectivity index (χ0) is 27.9. The van der Waals surface area contributed by atoms with Gasteiger partial charge in [0.25, 0.3) is 11.8 Å². The molecule has 1 fully saturated rings. The summed E-state index contributed by atoms with van der Waals surface area (Å²) in [5.74, 6) is 1.34. The SMILES string of the molecule is COc1ccc(OC2CCN(C(=O)c3ccc(C(=O)Nc4ccc(Oc5ccc(F)cc5)nc4)nc3)CC2)cc1. The zero-order valence-corrected chi connectivity index (χ0v) is 21.7. The molecular formula is C30H27FN4O5. The molecule has 0 radical (unpaired) electrons. The van der Waals surface area contributed by atoms with Gasteiger partial charge in [0, 0.05) is 38.2 Å². The Balaban J connectivity index is 1.10. The molecule has 3 heterocycles. The van der Waals surface area contributed by atoms with Crippen molar-refractivity contribution < 1.29 is 28.2 Å². The van der Waals surface area contributed by atoms with Gasteiger partial charge >= 0.3 is 0 Å². The number of rotatable bonds is 8. The molecule has 0 unspecified atom stereocenters. The van der Waals surface area contributed by atoms with E-state index >= 15 is 0 Å². The third-order valence-electron chi connectivity index (χ3n) is 6.36. The molecule has 40 heavy (non-hydrogen) atoms. The van der Waals surface area contributed by atoms with Gasteiger partial charge in [-0.1, -0.05) is 0 Å². The molecule has 1 saturated heterocycles. The van der Waals surface area contributed by atoms with E-state index in [-0.39, 0.29) is 23.5 Å². The maximum Gasteiger partial charge on any atom is 0.274 e. The van der Waals surface area contributed by atoms with E-state index in [0.29, 0.717) is 48.8 Å². The number of pyridine rings is 2. The molecule has 2 aromatic carbocycles. The Labute approximate surface area is 230 Å². The number of aromatic nitrogens is 2. The number of nitrogens with zero attached hydrogens (tertiary/aromatic N) is 3. The molecule has 1 aliphatic rings. The van der Waals surface area contributed by atoms with E-state index in [4.69, 9.17) is 14.2 Å². The highest BCUT2D eigenvalue weighted by molar-refractivity contribution is 6.03. The van der Waals surface area contributed by atoms with Crippen LogP contribution in [0.15, 0.2) is 85.2 Å². The Morgan fingerprint density at radius 3 is 2.17 bits per heavy atom. The molecule has 9 nitrogen and oxygen atoms in total. The quantitative estimate of drug-likeness (QED) is 0.320. The number of nitrogens with one attached hydrogen (secondary N) is 1. The smallest absolute Gasteiger partial charge is 0.274 e. The number of anilines is 1. The van der Waals surface area contributed by atoms with Crippen molar-refractivity contribution in [2.45, 2.75) is 18.9 Å². The maximum atomic E-state index is 13.0. The summed E-state index contributed by atoms with van der Waals surface area (Å²) in [5.41, 5.74) is 1.02. The van der Waals surface area contributed by atoms with E-state index in [2.05, 4.69) is 15.3 Å². The lowest BCUT2D eigenvalue weighted by atomic mass is 10.1. The number of piperidine rings is 1. The van der Waals surface area contributed by atoms with Gasteiger partial charge < -0.3 is 24.4 Å². The molecule has 2 aromatic heterocycles. The van der Waals surface area contributed by atoms with Crippen LogP contribution >= 0.6 is 0 Å². The lowest BCUT2D eigenvalue weighted by Gasteiger charge is -2.32. The average molecular weight is 543 g/mol. The molecule has 5 rings (SSSR count). The minimum atomic E-state index is -0.440. The van der Waals surface area contributed by atoms with Crippen LogP contribution in [0.3, 0.4) is 0 Å². The van der Waals surface area contributed by atoms with Crippen LogP contribution in [0.2, 0.25) is 0 Å². The van der Waals surface area contributed by atoms with E-state index in [1.54, 1.807) is 30.2 Å². The Kier molecular flexibility index (Phi) is 8.15. The third-order valence-corrected chi connectivity index (χ3v) is 6.36. The highest BCUT2D eigenvalue weighted by atomic mass is 19.1. The number of ether oxygens (including phenoxy) is 3. The fraction of sp³-hybridized carbons (Fsp3) is 0.200. The van der Waals surface area contributed by atoms with Gasteiger partial charge in [-0.25, -0.2) is 9.37 Å². The van der Waals surface area contributed by atoms with Gasteiger partial charge in [-0.05, 0) is 66.7 Å². The van der Waals surface area contributed by atoms with E-state index < -0.39 is 5.91 Å². The van der Waals surface area contributed by atoms with E-state index in [0.717, 1.165) is 11.5 Å². The van der Waals surface area contributed by atoms with Crippen molar-refractivity contribution in [2.75, 3.05) is 25.5 Å². The zero-order valence-electron chi connectivity index (χ0n) is 21.7. The first-order valence-corrected chi connectivity index (χ1v) is 12.7. The van der Waals surface area contributed by atoms with Gasteiger partial charge in [0.2, 0.25) is 5.88 Å². The third kappa shape index (κ3) is 6.71. The minimum absolute atomic E-state index is 0.0275. The Hall–Kier alpha value is -4.99. The lowest BCUT2D eigenvalue weighted by molar-refractivity contribution is 0.0594. The van der Waals surface area contributed by atoms with Crippen molar-refractivity contribution in [1.29, 1.82) is 0 Å². The van der Waals surface area contributed by atoms with Crippen molar-refractivity contribution in [3.63, 3.8) is 0 Å². The van der Waals surface area contributed by atoms with Gasteiger partial charge in [-0.15, -0.1) is 0 Å². The number of amides is 2. The van der Waals surface area contributed by atoms with Crippen molar-refractivity contribution >= 4 is 17.5 Å². The summed E-state index contributed by atoms with van der Waals surface area (Å²) >= 11 is 0. The molecule has 0 aliphatic carbocycles. The Morgan fingerprint density at radius 2 is 1.55 bits per heavy atom. The summed E-state index contributed by atoms with van der Waals surface area (Å²) in [4.78, 5) is 35.7. The molecule has 0 saturated carbocycles. The highest BCUT2D eigenvalue weighted by Crippen LogP contribution is 2.23. The van der Waals surface area contributed by atoms with Crippen molar-refractivity contribution in [1.82, 2.24) is 14.9 Å². The number of carbonyl (C=O) groups excluding carboxylic acids is 2. The van der Waals surface area contributed by atoms with Crippen LogP contribution in [0.25, 0.3) is 0 Å². The largest absolute Gasteiger partial charge is 0.497 e. The van der Waals surface area contributed by atoms with E-state index in [1.165, 1.54) is 42.7 Å². The molecular weight excluding hydrogens is 515 g/mol. The fourth-order valence-electron chi connectivity index (χ4n) is 4.19. The maximum absolute atomic E-state index is 13.0. The summed E-state index contributed by atoms with van der Waals surface area (Å²) in [6.45, 7) is 1.13. The fourth-order valence-corrected chi connectivity index (χ4v) is 4.19. The standard InChI is InChI=1S/C30H27FN4O5/c1-38-23-8-10-24(11-9-23)39-26-14-16-35(17-15-26)30(37)20-2-12-27(32-18-20)29(36)34-22-5-13-28(33-19-22)40-25-6-3-21(31)4-7-25/h2-13,18-19,26H,14-17H2,1H3,(H,34,36). The number of carbonyl (C=O) groups is 2. The molecule has 1 N–H and O–H groups in total. The lowest BCUT2D eigenvalue weighted by Crippen LogP contribution is -2.41. The minimum Gasteiger partial charge on any atom is -0.497 e. The van der Waals surface area contributed by atoms with Crippen molar-refractivity contribution in [3.8, 4) is 23.1 Å². The van der Waals surface area contributed by atoms with Crippen LogP contribution < -0.4 is 19.5 Å². The first-order chi connectivity index (χ1) is 19.5. The monoisotopic (exact) mass is 542 g/mol. The second-order valence-electron chi connectivity index (χ2n) is 9.11. The Morgan fingerprint density at radius 1 is 0.850 bits per heavy atom. The van der Waals surface area contributed by atoms with Gasteiger partial charge in [-0.3, -0.25) is 14.6 Å². The van der Waals surface area contributed by atoms with Crippen molar-refractivity contribution in [2.24, 2.45) is 0 Å². The average Bonchev–Trinajstić information content (AvgIpc) is 3.00. The predicted molar refractivity (Wildman–Crippen MR) is 145 cm³/mol. The Bertz CT molecular complexity index is 1440. The van der Waals surface area contributed by atoms with Crippen molar-refractivity contribution in [3.05, 3.63) is 102 Å². The topological polar surface area (TPSA) is 103 Å². The van der Waals surface area contributed by atoms with Gasteiger partial charge in [0.05, 0.1) is 24.6 Å². The summed E-state index contributed by atoms with van der Waals surface area (Å²) in [7, 11) is 1.62. The first kappa shape index (κ1) is 26.6. The molecule has 204 valence electrons. The molecule has 1 aliphatic heterocycles. The molecule has 0 spiro atoms. The number of halogens is 1. The summed E-state index contributed by atoms with van der Waals surface area (Å²) < 4.78 is 29.8. The first-order valence-electron chi connectivity index (χ1n) is 12.7. The van der Waals surface area contributed by atoms with E-state index in [1.807, 2.05) is 24.3 Å². The van der Waals surface area contributed by atoms with Crippen LogP contribution in [-0.2, 0) is 0 Å². The highest BCUT2D eigenvalue weighted by Gasteiger charge is 2.25. The normalized spacial score (nSPS) is 13.4. The van der Waals surface area contributed by atoms with Gasteiger partial charge in [0.1, 0.15) is 34.9 Å². The molecule has 0 bridgehead atoms. The second-order valence-corrected chi connectivity index (χ2v) is 9.11. The second kappa shape index (κ2) is 12.2. The molecule has 10 heteroatoms. The number of hydrogen-bond acceptors (Lipinski definition) is 7. The van der Waals surface area contributed by atoms with Crippen LogP contribution in [-0.4, -0.2) is 53.0 Å². The van der Waals surface area contributed by atoms with Crippen LogP contribution in [0, 0.1) is 5.82 Å². The van der Waals surface area contributed by atoms with E-state index in [9.17, 15) is 14.0 Å².